The molecule has 0 spiro atoms. The predicted octanol–water partition coefficient (Wildman–Crippen LogP) is 8.19. The van der Waals surface area contributed by atoms with E-state index in [-0.39, 0.29) is 25.6 Å². The van der Waals surface area contributed by atoms with Gasteiger partial charge in [0.25, 0.3) is 0 Å². The quantitative estimate of drug-likeness (QED) is 0.0175. The summed E-state index contributed by atoms with van der Waals surface area (Å²) in [7, 11) is 0. The van der Waals surface area contributed by atoms with Gasteiger partial charge in [-0.2, -0.15) is 0 Å². The fraction of sp³-hybridized carbons (Fsp3) is 0.868. The second kappa shape index (κ2) is 40.9. The van der Waals surface area contributed by atoms with E-state index in [2.05, 4.69) is 50.3 Å². The van der Waals surface area contributed by atoms with Crippen LogP contribution in [-0.2, 0) is 33.2 Å². The number of hydrogen-bond acceptors (Lipinski definition) is 14. The molecule has 0 aromatic rings. The average molecular weight is 957 g/mol. The lowest BCUT2D eigenvalue weighted by Gasteiger charge is -2.42. The van der Waals surface area contributed by atoms with Crippen molar-refractivity contribution in [3.8, 4) is 0 Å². The van der Waals surface area contributed by atoms with Crippen LogP contribution in [0.15, 0.2) is 36.5 Å². The number of ether oxygens (including phenoxy) is 6. The van der Waals surface area contributed by atoms with Crippen molar-refractivity contribution >= 4 is 5.97 Å². The highest BCUT2D eigenvalue weighted by atomic mass is 16.7. The molecule has 0 amide bonds. The maximum absolute atomic E-state index is 13.0. The van der Waals surface area contributed by atoms with Gasteiger partial charge < -0.3 is 64.2 Å². The van der Waals surface area contributed by atoms with Gasteiger partial charge in [-0.25, -0.2) is 0 Å². The summed E-state index contributed by atoms with van der Waals surface area (Å²) in [4.78, 5) is 13.0. The standard InChI is InChI=1S/C53H96O14/c1-3-5-7-9-11-13-15-17-19-20-21-22-24-26-28-30-32-34-36-45(55)65-42(39-62-37-35-33-31-29-27-25-23-18-16-14-12-10-8-6-4-2)40-63-52-51(61)49(59)47(57)44(67-52)41-64-53-50(60)48(58)46(56)43(38-54)66-53/h10,12,16,18-20,42-44,46-54,56-61H,3-9,11,13-15,17,21-41H2,1-2H3/b12-10-,18-16-,20-19-. The van der Waals surface area contributed by atoms with Crippen molar-refractivity contribution in [1.29, 1.82) is 0 Å². The highest BCUT2D eigenvalue weighted by Gasteiger charge is 2.47. The third kappa shape index (κ3) is 28.6. The lowest BCUT2D eigenvalue weighted by Crippen LogP contribution is -2.61. The van der Waals surface area contributed by atoms with Gasteiger partial charge >= 0.3 is 5.97 Å². The summed E-state index contributed by atoms with van der Waals surface area (Å²) >= 11 is 0. The molecule has 2 aliphatic rings. The smallest absolute Gasteiger partial charge is 0.306 e. The summed E-state index contributed by atoms with van der Waals surface area (Å²) in [6.07, 6.45) is 29.1. The molecule has 0 bridgehead atoms. The largest absolute Gasteiger partial charge is 0.457 e. The van der Waals surface area contributed by atoms with Crippen LogP contribution in [-0.4, -0.2) is 142 Å². The Morgan fingerprint density at radius 2 is 0.940 bits per heavy atom. The van der Waals surface area contributed by atoms with E-state index in [1.165, 1.54) is 96.3 Å². The number of hydrogen-bond donors (Lipinski definition) is 7. The molecule has 0 aliphatic carbocycles. The third-order valence-electron chi connectivity index (χ3n) is 12.6. The van der Waals surface area contributed by atoms with Gasteiger partial charge in [-0.1, -0.05) is 159 Å². The number of carbonyl (C=O) groups excluding carboxylic acids is 1. The van der Waals surface area contributed by atoms with Crippen molar-refractivity contribution in [2.24, 2.45) is 0 Å². The molecule has 67 heavy (non-hydrogen) atoms. The van der Waals surface area contributed by atoms with E-state index >= 15 is 0 Å². The van der Waals surface area contributed by atoms with E-state index in [1.807, 2.05) is 0 Å². The van der Waals surface area contributed by atoms with Crippen molar-refractivity contribution in [1.82, 2.24) is 0 Å². The summed E-state index contributed by atoms with van der Waals surface area (Å²) in [5.74, 6) is -0.384. The molecular weight excluding hydrogens is 861 g/mol. The van der Waals surface area contributed by atoms with Crippen molar-refractivity contribution in [3.05, 3.63) is 36.5 Å². The Morgan fingerprint density at radius 1 is 0.493 bits per heavy atom. The van der Waals surface area contributed by atoms with Gasteiger partial charge in [-0.15, -0.1) is 0 Å². The zero-order chi connectivity index (χ0) is 48.7. The molecule has 11 unspecified atom stereocenters. The maximum Gasteiger partial charge on any atom is 0.306 e. The fourth-order valence-electron chi connectivity index (χ4n) is 8.24. The molecule has 2 heterocycles. The van der Waals surface area contributed by atoms with Crippen LogP contribution in [0.4, 0.5) is 0 Å². The number of esters is 1. The maximum atomic E-state index is 13.0. The zero-order valence-corrected chi connectivity index (χ0v) is 41.6. The van der Waals surface area contributed by atoms with Gasteiger partial charge in [0.15, 0.2) is 12.6 Å². The number of carbonyl (C=O) groups is 1. The predicted molar refractivity (Wildman–Crippen MR) is 261 cm³/mol. The molecular formula is C53H96O14. The van der Waals surface area contributed by atoms with Gasteiger partial charge in [0.2, 0.25) is 0 Å². The van der Waals surface area contributed by atoms with Crippen molar-refractivity contribution < 1.29 is 69.0 Å². The average Bonchev–Trinajstić information content (AvgIpc) is 3.32. The van der Waals surface area contributed by atoms with Crippen LogP contribution in [0.3, 0.4) is 0 Å². The van der Waals surface area contributed by atoms with E-state index in [0.717, 1.165) is 70.6 Å². The van der Waals surface area contributed by atoms with Crippen LogP contribution in [0.25, 0.3) is 0 Å². The topological polar surface area (TPSA) is 214 Å². The van der Waals surface area contributed by atoms with Gasteiger partial charge in [-0.05, 0) is 64.2 Å². The van der Waals surface area contributed by atoms with E-state index in [4.69, 9.17) is 28.4 Å². The van der Waals surface area contributed by atoms with Crippen molar-refractivity contribution in [3.63, 3.8) is 0 Å². The first kappa shape index (κ1) is 61.3. The minimum Gasteiger partial charge on any atom is -0.457 e. The number of unbranched alkanes of at least 4 members (excludes halogenated alkanes) is 22. The molecule has 2 rings (SSSR count). The van der Waals surface area contributed by atoms with Crippen LogP contribution >= 0.6 is 0 Å². The lowest BCUT2D eigenvalue weighted by atomic mass is 9.98. The number of aliphatic hydroxyl groups is 7. The number of allylic oxidation sites excluding steroid dienone is 6. The second-order valence-electron chi connectivity index (χ2n) is 18.7. The van der Waals surface area contributed by atoms with Crippen molar-refractivity contribution in [2.45, 2.75) is 261 Å². The van der Waals surface area contributed by atoms with Crippen LogP contribution in [0.2, 0.25) is 0 Å². The Bertz CT molecular complexity index is 1250. The summed E-state index contributed by atoms with van der Waals surface area (Å²) < 4.78 is 34.3. The number of aliphatic hydroxyl groups excluding tert-OH is 7. The summed E-state index contributed by atoms with van der Waals surface area (Å²) in [5, 5.41) is 72.2. The Labute approximate surface area is 404 Å². The minimum absolute atomic E-state index is 0.0534. The Morgan fingerprint density at radius 3 is 1.49 bits per heavy atom. The molecule has 11 atom stereocenters. The molecule has 2 fully saturated rings. The molecule has 7 N–H and O–H groups in total. The van der Waals surface area contributed by atoms with Gasteiger partial charge in [0.05, 0.1) is 26.4 Å². The Balaban J connectivity index is 1.76. The SMILES string of the molecule is CCCC/C=C\C/C=C\CCCCCCCCOCC(COC1OC(COC2OC(CO)C(O)C(O)C2O)C(O)C(O)C1O)OC(=O)CCCCCCCCC/C=C\CCCCCCCCC. The minimum atomic E-state index is -1.71. The van der Waals surface area contributed by atoms with Crippen LogP contribution in [0.5, 0.6) is 0 Å². The van der Waals surface area contributed by atoms with E-state index in [0.29, 0.717) is 13.0 Å². The summed E-state index contributed by atoms with van der Waals surface area (Å²) in [6, 6.07) is 0. The molecule has 14 nitrogen and oxygen atoms in total. The molecule has 0 saturated carbocycles. The van der Waals surface area contributed by atoms with Gasteiger partial charge in [0.1, 0.15) is 54.9 Å². The summed E-state index contributed by atoms with van der Waals surface area (Å²) in [5.41, 5.74) is 0. The van der Waals surface area contributed by atoms with Crippen LogP contribution in [0.1, 0.15) is 194 Å². The second-order valence-corrected chi connectivity index (χ2v) is 18.7. The molecule has 2 saturated heterocycles. The zero-order valence-electron chi connectivity index (χ0n) is 41.6. The first-order valence-electron chi connectivity index (χ1n) is 26.6. The van der Waals surface area contributed by atoms with E-state index in [9.17, 15) is 40.5 Å². The molecule has 14 heteroatoms. The van der Waals surface area contributed by atoms with Crippen LogP contribution in [0, 0.1) is 0 Å². The summed E-state index contributed by atoms with van der Waals surface area (Å²) in [6.45, 7) is 3.62. The lowest BCUT2D eigenvalue weighted by molar-refractivity contribution is -0.332. The molecule has 0 aromatic carbocycles. The van der Waals surface area contributed by atoms with Crippen molar-refractivity contribution in [2.75, 3.05) is 33.0 Å². The highest BCUT2D eigenvalue weighted by Crippen LogP contribution is 2.26. The molecule has 2 aliphatic heterocycles. The van der Waals surface area contributed by atoms with Gasteiger partial charge in [-0.3, -0.25) is 4.79 Å². The highest BCUT2D eigenvalue weighted by molar-refractivity contribution is 5.69. The van der Waals surface area contributed by atoms with E-state index in [1.54, 1.807) is 0 Å². The fourth-order valence-corrected chi connectivity index (χ4v) is 8.24. The first-order chi connectivity index (χ1) is 32.6. The van der Waals surface area contributed by atoms with Crippen LogP contribution < -0.4 is 0 Å². The normalized spacial score (nSPS) is 26.3. The third-order valence-corrected chi connectivity index (χ3v) is 12.6. The number of rotatable bonds is 42. The first-order valence-corrected chi connectivity index (χ1v) is 26.6. The Hall–Kier alpha value is -1.79. The molecule has 0 radical (unpaired) electrons. The Kier molecular flexibility index (Phi) is 37.4. The monoisotopic (exact) mass is 957 g/mol. The molecule has 392 valence electrons. The van der Waals surface area contributed by atoms with Gasteiger partial charge in [0, 0.05) is 13.0 Å². The van der Waals surface area contributed by atoms with E-state index < -0.39 is 80.7 Å². The molecule has 0 aromatic heterocycles.